The molecule has 0 aromatic heterocycles. The van der Waals surface area contributed by atoms with Crippen LogP contribution in [-0.2, 0) is 20.9 Å². The van der Waals surface area contributed by atoms with Crippen molar-refractivity contribution in [2.24, 2.45) is 0 Å². The van der Waals surface area contributed by atoms with Crippen molar-refractivity contribution in [2.45, 2.75) is 44.5 Å². The smallest absolute Gasteiger partial charge is 0.238 e. The van der Waals surface area contributed by atoms with Gasteiger partial charge in [-0.15, -0.1) is 0 Å². The largest absolute Gasteiger partial charge is 0.372 e. The van der Waals surface area contributed by atoms with Crippen molar-refractivity contribution in [3.8, 4) is 0 Å². The first-order chi connectivity index (χ1) is 14.5. The Kier molecular flexibility index (Phi) is 6.46. The summed E-state index contributed by atoms with van der Waals surface area (Å²) in [5, 5.41) is 2.84. The first-order valence-corrected chi connectivity index (χ1v) is 10.6. The number of nitrogens with zero attached hydrogens (tertiary/aromatic N) is 1. The van der Waals surface area contributed by atoms with Crippen LogP contribution in [0.5, 0.6) is 0 Å². The summed E-state index contributed by atoms with van der Waals surface area (Å²) in [6.07, 6.45) is 2.80. The van der Waals surface area contributed by atoms with Crippen molar-refractivity contribution >= 4 is 11.6 Å². The molecule has 30 heavy (non-hydrogen) atoms. The normalized spacial score (nSPS) is 24.3. The van der Waals surface area contributed by atoms with E-state index in [1.807, 2.05) is 25.1 Å². The number of likely N-dealkylation sites (tertiary alicyclic amines) is 1. The van der Waals surface area contributed by atoms with E-state index in [2.05, 4.69) is 22.3 Å². The quantitative estimate of drug-likeness (QED) is 0.782. The van der Waals surface area contributed by atoms with E-state index in [1.54, 1.807) is 6.07 Å². The lowest BCUT2D eigenvalue weighted by Crippen LogP contribution is -2.57. The fraction of sp³-hybridized carbons (Fsp3) is 0.458. The first kappa shape index (κ1) is 21.0. The van der Waals surface area contributed by atoms with Gasteiger partial charge >= 0.3 is 0 Å². The zero-order chi connectivity index (χ0) is 21.0. The van der Waals surface area contributed by atoms with E-state index < -0.39 is 0 Å². The minimum absolute atomic E-state index is 0.0855. The van der Waals surface area contributed by atoms with Crippen molar-refractivity contribution < 1.29 is 18.7 Å². The molecule has 0 radical (unpaired) electrons. The third-order valence-corrected chi connectivity index (χ3v) is 6.13. The van der Waals surface area contributed by atoms with Crippen LogP contribution in [0.1, 0.15) is 30.4 Å². The number of piperidine rings is 1. The van der Waals surface area contributed by atoms with Gasteiger partial charge in [0.05, 0.1) is 24.9 Å². The number of hydrogen-bond acceptors (Lipinski definition) is 4. The minimum Gasteiger partial charge on any atom is -0.372 e. The number of aryl methyl sites for hydroxylation is 1. The van der Waals surface area contributed by atoms with E-state index in [4.69, 9.17) is 9.47 Å². The molecule has 0 saturated carbocycles. The number of rotatable bonds is 6. The molecule has 0 aliphatic carbocycles. The van der Waals surface area contributed by atoms with Gasteiger partial charge in [0.15, 0.2) is 0 Å². The number of ether oxygens (including phenoxy) is 2. The van der Waals surface area contributed by atoms with Gasteiger partial charge in [0, 0.05) is 25.4 Å². The van der Waals surface area contributed by atoms with E-state index in [9.17, 15) is 9.18 Å². The molecule has 0 unspecified atom stereocenters. The fourth-order valence-corrected chi connectivity index (χ4v) is 4.41. The summed E-state index contributed by atoms with van der Waals surface area (Å²) in [7, 11) is 0. The second-order valence-electron chi connectivity index (χ2n) is 8.29. The van der Waals surface area contributed by atoms with Gasteiger partial charge in [0.1, 0.15) is 5.82 Å². The van der Waals surface area contributed by atoms with Gasteiger partial charge < -0.3 is 14.8 Å². The molecule has 2 aromatic rings. The van der Waals surface area contributed by atoms with Crippen molar-refractivity contribution in [1.29, 1.82) is 0 Å². The lowest BCUT2D eigenvalue weighted by molar-refractivity contribution is -0.159. The van der Waals surface area contributed by atoms with E-state index in [0.717, 1.165) is 43.5 Å². The topological polar surface area (TPSA) is 50.8 Å². The van der Waals surface area contributed by atoms with Crippen LogP contribution in [-0.4, -0.2) is 48.8 Å². The van der Waals surface area contributed by atoms with Crippen LogP contribution >= 0.6 is 0 Å². The SMILES string of the molecule is Cc1ccc(F)cc1NC(=O)CN1CC[C@]2(CCCO2)[C@H](OCc2ccccc2)C1. The van der Waals surface area contributed by atoms with Gasteiger partial charge in [-0.3, -0.25) is 9.69 Å². The highest BCUT2D eigenvalue weighted by Gasteiger charge is 2.47. The molecule has 2 aliphatic heterocycles. The second kappa shape index (κ2) is 9.25. The molecule has 5 nitrogen and oxygen atoms in total. The van der Waals surface area contributed by atoms with Crippen LogP contribution in [0.2, 0.25) is 0 Å². The Hall–Kier alpha value is -2.28. The lowest BCUT2D eigenvalue weighted by Gasteiger charge is -2.44. The highest BCUT2D eigenvalue weighted by molar-refractivity contribution is 5.92. The van der Waals surface area contributed by atoms with Crippen molar-refractivity contribution in [1.82, 2.24) is 4.90 Å². The van der Waals surface area contributed by atoms with Gasteiger partial charge in [0.25, 0.3) is 0 Å². The Morgan fingerprint density at radius 3 is 2.87 bits per heavy atom. The highest BCUT2D eigenvalue weighted by Crippen LogP contribution is 2.38. The molecule has 1 spiro atoms. The minimum atomic E-state index is -0.358. The summed E-state index contributed by atoms with van der Waals surface area (Å²) in [6.45, 7) is 4.81. The summed E-state index contributed by atoms with van der Waals surface area (Å²) in [5.74, 6) is -0.502. The van der Waals surface area contributed by atoms with Crippen LogP contribution in [0, 0.1) is 12.7 Å². The van der Waals surface area contributed by atoms with Crippen molar-refractivity contribution in [3.05, 3.63) is 65.5 Å². The molecule has 4 rings (SSSR count). The van der Waals surface area contributed by atoms with E-state index >= 15 is 0 Å². The average Bonchev–Trinajstić information content (AvgIpc) is 3.21. The Morgan fingerprint density at radius 2 is 2.10 bits per heavy atom. The monoisotopic (exact) mass is 412 g/mol. The zero-order valence-electron chi connectivity index (χ0n) is 17.4. The van der Waals surface area contributed by atoms with Gasteiger partial charge in [-0.25, -0.2) is 4.39 Å². The van der Waals surface area contributed by atoms with Crippen LogP contribution in [0.15, 0.2) is 48.5 Å². The van der Waals surface area contributed by atoms with E-state index in [1.165, 1.54) is 12.1 Å². The predicted molar refractivity (Wildman–Crippen MR) is 114 cm³/mol. The maximum absolute atomic E-state index is 13.5. The maximum atomic E-state index is 13.5. The number of amides is 1. The third kappa shape index (κ3) is 4.89. The van der Waals surface area contributed by atoms with Crippen molar-refractivity contribution in [3.63, 3.8) is 0 Å². The standard InChI is InChI=1S/C24H29FN2O3/c1-18-8-9-20(25)14-21(18)26-23(28)16-27-12-11-24(10-5-13-30-24)22(15-27)29-17-19-6-3-2-4-7-19/h2-4,6-9,14,22H,5,10-13,15-17H2,1H3,(H,26,28)/t22-,24-/m1/s1. The van der Waals surface area contributed by atoms with E-state index in [-0.39, 0.29) is 30.0 Å². The van der Waals surface area contributed by atoms with E-state index in [0.29, 0.717) is 18.8 Å². The Morgan fingerprint density at radius 1 is 1.27 bits per heavy atom. The van der Waals surface area contributed by atoms with Gasteiger partial charge in [-0.1, -0.05) is 36.4 Å². The Labute approximate surface area is 177 Å². The molecule has 2 fully saturated rings. The van der Waals surface area contributed by atoms with Crippen molar-refractivity contribution in [2.75, 3.05) is 31.6 Å². The summed E-state index contributed by atoms with van der Waals surface area (Å²) in [6, 6.07) is 14.5. The zero-order valence-corrected chi connectivity index (χ0v) is 17.4. The summed E-state index contributed by atoms with van der Waals surface area (Å²) < 4.78 is 26.0. The molecule has 0 bridgehead atoms. The molecule has 2 aliphatic rings. The lowest BCUT2D eigenvalue weighted by atomic mass is 9.85. The number of benzene rings is 2. The van der Waals surface area contributed by atoms with Gasteiger partial charge in [0.2, 0.25) is 5.91 Å². The van der Waals surface area contributed by atoms with Gasteiger partial charge in [-0.2, -0.15) is 0 Å². The number of anilines is 1. The molecule has 1 amide bonds. The Balaban J connectivity index is 1.38. The van der Waals surface area contributed by atoms with Crippen LogP contribution in [0.25, 0.3) is 0 Å². The Bertz CT molecular complexity index is 868. The molecule has 2 atom stereocenters. The number of carbonyl (C=O) groups is 1. The summed E-state index contributed by atoms with van der Waals surface area (Å²) in [5.41, 5.74) is 2.23. The molecule has 1 N–H and O–H groups in total. The molecular formula is C24H29FN2O3. The number of nitrogens with one attached hydrogen (secondary N) is 1. The molecule has 6 heteroatoms. The van der Waals surface area contributed by atoms with Crippen LogP contribution in [0.4, 0.5) is 10.1 Å². The molecule has 160 valence electrons. The van der Waals surface area contributed by atoms with Crippen LogP contribution in [0.3, 0.4) is 0 Å². The fourth-order valence-electron chi connectivity index (χ4n) is 4.41. The number of hydrogen-bond donors (Lipinski definition) is 1. The number of halogens is 1. The number of carbonyl (C=O) groups excluding carboxylic acids is 1. The predicted octanol–water partition coefficient (Wildman–Crippen LogP) is 3.91. The third-order valence-electron chi connectivity index (χ3n) is 6.13. The highest BCUT2D eigenvalue weighted by atomic mass is 19.1. The molecular weight excluding hydrogens is 383 g/mol. The average molecular weight is 413 g/mol. The molecule has 2 heterocycles. The molecule has 2 saturated heterocycles. The maximum Gasteiger partial charge on any atom is 0.238 e. The van der Waals surface area contributed by atoms with Gasteiger partial charge in [-0.05, 0) is 49.4 Å². The molecule has 2 aromatic carbocycles. The van der Waals surface area contributed by atoms with Crippen LogP contribution < -0.4 is 5.32 Å². The first-order valence-electron chi connectivity index (χ1n) is 10.6. The summed E-state index contributed by atoms with van der Waals surface area (Å²) in [4.78, 5) is 14.7. The second-order valence-corrected chi connectivity index (χ2v) is 8.29. The summed E-state index contributed by atoms with van der Waals surface area (Å²) >= 11 is 0.